The predicted octanol–water partition coefficient (Wildman–Crippen LogP) is 1.43. The first-order chi connectivity index (χ1) is 10.5. The molecule has 2 aromatic rings. The van der Waals surface area contributed by atoms with Crippen LogP contribution >= 0.6 is 0 Å². The van der Waals surface area contributed by atoms with Crippen molar-refractivity contribution in [3.8, 4) is 0 Å². The fourth-order valence-corrected chi connectivity index (χ4v) is 3.84. The molecule has 0 saturated carbocycles. The van der Waals surface area contributed by atoms with Gasteiger partial charge >= 0.3 is 29.6 Å². The average Bonchev–Trinajstić information content (AvgIpc) is 2.49. The van der Waals surface area contributed by atoms with Crippen LogP contribution in [0.15, 0.2) is 35.2 Å². The van der Waals surface area contributed by atoms with Gasteiger partial charge in [-0.25, -0.2) is 8.42 Å². The fraction of sp³-hybridized carbons (Fsp3) is 0.444. The van der Waals surface area contributed by atoms with Gasteiger partial charge in [-0.15, -0.1) is 0 Å². The van der Waals surface area contributed by atoms with Crippen LogP contribution in [0.3, 0.4) is 0 Å². The third-order valence-electron chi connectivity index (χ3n) is 4.01. The zero-order valence-corrected chi connectivity index (χ0v) is 17.1. The summed E-state index contributed by atoms with van der Waals surface area (Å²) < 4.78 is 35.4. The number of hydrogen-bond donors (Lipinski definition) is 0. The minimum atomic E-state index is -4.48. The zero-order valence-electron chi connectivity index (χ0n) is 14.3. The van der Waals surface area contributed by atoms with Crippen molar-refractivity contribution in [1.82, 2.24) is 0 Å². The van der Waals surface area contributed by atoms with Crippen molar-refractivity contribution in [1.29, 1.82) is 0 Å². The Bertz CT molecular complexity index is 754. The first-order valence-corrected chi connectivity index (χ1v) is 9.39. The Morgan fingerprint density at radius 3 is 1.96 bits per heavy atom. The second kappa shape index (κ2) is 9.19. The van der Waals surface area contributed by atoms with E-state index in [-0.39, 0.29) is 34.5 Å². The molecule has 0 heterocycles. The molecule has 0 radical (unpaired) electrons. The van der Waals surface area contributed by atoms with E-state index < -0.39 is 10.1 Å². The maximum Gasteiger partial charge on any atom is 1.00 e. The van der Waals surface area contributed by atoms with Crippen molar-refractivity contribution in [3.63, 3.8) is 0 Å². The minimum absolute atomic E-state index is 0. The molecule has 0 aliphatic heterocycles. The molecule has 0 aliphatic carbocycles. The normalized spacial score (nSPS) is 11.4. The van der Waals surface area contributed by atoms with Gasteiger partial charge in [-0.3, -0.25) is 0 Å². The van der Waals surface area contributed by atoms with Gasteiger partial charge in [0.15, 0.2) is 0 Å². The molecule has 0 unspecified atom stereocenters. The molecular formula is C18H23NaO3S. The van der Waals surface area contributed by atoms with E-state index in [2.05, 4.69) is 13.8 Å². The van der Waals surface area contributed by atoms with Crippen LogP contribution in [0.4, 0.5) is 0 Å². The van der Waals surface area contributed by atoms with E-state index in [1.54, 1.807) is 12.1 Å². The van der Waals surface area contributed by atoms with Crippen molar-refractivity contribution in [2.24, 2.45) is 0 Å². The molecular weight excluding hydrogens is 319 g/mol. The average molecular weight is 342 g/mol. The van der Waals surface area contributed by atoms with Crippen LogP contribution in [0.5, 0.6) is 0 Å². The summed E-state index contributed by atoms with van der Waals surface area (Å²) in [5.41, 5.74) is 1.83. The van der Waals surface area contributed by atoms with E-state index >= 15 is 0 Å². The molecule has 0 saturated heterocycles. The Balaban J connectivity index is 0.00000264. The van der Waals surface area contributed by atoms with Crippen LogP contribution in [0.25, 0.3) is 10.8 Å². The van der Waals surface area contributed by atoms with Gasteiger partial charge in [-0.1, -0.05) is 57.0 Å². The summed E-state index contributed by atoms with van der Waals surface area (Å²) in [5.74, 6) is 0. The summed E-state index contributed by atoms with van der Waals surface area (Å²) in [6.45, 7) is 4.20. The van der Waals surface area contributed by atoms with Crippen molar-refractivity contribution >= 4 is 20.9 Å². The summed E-state index contributed by atoms with van der Waals surface area (Å²) >= 11 is 0. The van der Waals surface area contributed by atoms with Crippen LogP contribution in [0.1, 0.15) is 50.7 Å². The molecule has 0 aromatic heterocycles. The largest absolute Gasteiger partial charge is 1.00 e. The van der Waals surface area contributed by atoms with Crippen molar-refractivity contribution in [2.45, 2.75) is 57.3 Å². The van der Waals surface area contributed by atoms with Gasteiger partial charge in [0.25, 0.3) is 0 Å². The first-order valence-electron chi connectivity index (χ1n) is 7.98. The van der Waals surface area contributed by atoms with E-state index in [0.29, 0.717) is 17.4 Å². The van der Waals surface area contributed by atoms with Crippen LogP contribution in [0.2, 0.25) is 0 Å². The Morgan fingerprint density at radius 2 is 1.43 bits per heavy atom. The molecule has 0 bridgehead atoms. The topological polar surface area (TPSA) is 57.2 Å². The molecule has 0 amide bonds. The first kappa shape index (κ1) is 20.7. The van der Waals surface area contributed by atoms with Gasteiger partial charge in [0.2, 0.25) is 0 Å². The maximum atomic E-state index is 11.8. The molecule has 120 valence electrons. The molecule has 23 heavy (non-hydrogen) atoms. The van der Waals surface area contributed by atoms with E-state index in [0.717, 1.165) is 43.1 Å². The van der Waals surface area contributed by atoms with Gasteiger partial charge in [0.05, 0.1) is 4.90 Å². The zero-order chi connectivity index (χ0) is 16.2. The molecule has 3 nitrogen and oxygen atoms in total. The van der Waals surface area contributed by atoms with Crippen LogP contribution < -0.4 is 29.6 Å². The van der Waals surface area contributed by atoms with Gasteiger partial charge < -0.3 is 4.55 Å². The summed E-state index contributed by atoms with van der Waals surface area (Å²) in [7, 11) is -4.48. The van der Waals surface area contributed by atoms with Gasteiger partial charge in [0.1, 0.15) is 10.1 Å². The number of fused-ring (bicyclic) bond motifs is 1. The third kappa shape index (κ3) is 5.04. The van der Waals surface area contributed by atoms with Crippen LogP contribution in [-0.2, 0) is 23.0 Å². The smallest absolute Gasteiger partial charge is 0.744 e. The quantitative estimate of drug-likeness (QED) is 0.565. The molecule has 0 aliphatic rings. The molecule has 2 rings (SSSR count). The van der Waals surface area contributed by atoms with E-state index in [9.17, 15) is 13.0 Å². The van der Waals surface area contributed by atoms with E-state index in [1.807, 2.05) is 18.2 Å². The Kier molecular flexibility index (Phi) is 8.25. The molecule has 2 aromatic carbocycles. The number of unbranched alkanes of at least 4 members (excludes halogenated alkanes) is 2. The number of aryl methyl sites for hydroxylation is 2. The summed E-state index contributed by atoms with van der Waals surface area (Å²) in [5, 5.41) is 1.47. The van der Waals surface area contributed by atoms with Gasteiger partial charge in [0, 0.05) is 0 Å². The second-order valence-corrected chi connectivity index (χ2v) is 7.05. The Hall–Kier alpha value is -0.390. The molecule has 5 heteroatoms. The Morgan fingerprint density at radius 1 is 0.913 bits per heavy atom. The Labute approximate surface area is 161 Å². The number of rotatable bonds is 7. The number of benzene rings is 2. The summed E-state index contributed by atoms with van der Waals surface area (Å²) in [6, 6.07) is 9.30. The van der Waals surface area contributed by atoms with Crippen molar-refractivity contribution in [2.75, 3.05) is 0 Å². The molecule has 0 spiro atoms. The molecule has 0 fully saturated rings. The molecule has 0 atom stereocenters. The second-order valence-electron chi connectivity index (χ2n) is 5.73. The SMILES string of the molecule is CCCCc1cc(CCCC)c2ccccc2c1S(=O)(=O)[O-].[Na+]. The minimum Gasteiger partial charge on any atom is -0.744 e. The molecule has 0 N–H and O–H groups in total. The monoisotopic (exact) mass is 342 g/mol. The maximum absolute atomic E-state index is 11.8. The van der Waals surface area contributed by atoms with Gasteiger partial charge in [-0.05, 0) is 47.6 Å². The van der Waals surface area contributed by atoms with Crippen LogP contribution in [-0.4, -0.2) is 13.0 Å². The van der Waals surface area contributed by atoms with Crippen molar-refractivity contribution < 1.29 is 42.5 Å². The number of hydrogen-bond acceptors (Lipinski definition) is 3. The standard InChI is InChI=1S/C18H24O3S.Na/c1-3-5-9-14-13-15(10-6-4-2)18(22(19,20)21)17-12-8-7-11-16(14)17;/h7-8,11-13H,3-6,9-10H2,1-2H3,(H,19,20,21);/q;+1/p-1. The van der Waals surface area contributed by atoms with Crippen LogP contribution in [0, 0.1) is 0 Å². The fourth-order valence-electron chi connectivity index (χ4n) is 2.91. The van der Waals surface area contributed by atoms with Gasteiger partial charge in [-0.2, -0.15) is 0 Å². The third-order valence-corrected chi connectivity index (χ3v) is 4.99. The predicted molar refractivity (Wildman–Crippen MR) is 89.1 cm³/mol. The summed E-state index contributed by atoms with van der Waals surface area (Å²) in [6.07, 6.45) is 5.54. The summed E-state index contributed by atoms with van der Waals surface area (Å²) in [4.78, 5) is -0.0169. The van der Waals surface area contributed by atoms with Crippen molar-refractivity contribution in [3.05, 3.63) is 41.5 Å². The van der Waals surface area contributed by atoms with E-state index in [4.69, 9.17) is 0 Å². The van der Waals surface area contributed by atoms with E-state index in [1.165, 1.54) is 0 Å².